The van der Waals surface area contributed by atoms with Crippen LogP contribution in [0.4, 0.5) is 5.69 Å². The number of carbonyl (C=O) groups excluding carboxylic acids is 2. The molecular formula is C19H27N3O3. The van der Waals surface area contributed by atoms with Gasteiger partial charge in [-0.15, -0.1) is 0 Å². The molecule has 1 aromatic carbocycles. The Bertz CT molecular complexity index is 577. The molecule has 2 fully saturated rings. The second-order valence-corrected chi connectivity index (χ2v) is 7.02. The molecule has 2 aliphatic rings. The molecule has 2 N–H and O–H groups in total. The van der Waals surface area contributed by atoms with E-state index in [-0.39, 0.29) is 23.8 Å². The van der Waals surface area contributed by atoms with Crippen LogP contribution in [0.1, 0.15) is 25.7 Å². The fraction of sp³-hybridized carbons (Fsp3) is 0.579. The lowest BCUT2D eigenvalue weighted by atomic mass is 9.95. The number of nitrogens with one attached hydrogen (secondary N) is 1. The van der Waals surface area contributed by atoms with Crippen LogP contribution in [0, 0.1) is 5.92 Å². The number of anilines is 1. The number of benzene rings is 1. The Labute approximate surface area is 148 Å². The van der Waals surface area contributed by atoms with Gasteiger partial charge in [-0.3, -0.25) is 14.5 Å². The lowest BCUT2D eigenvalue weighted by Gasteiger charge is -2.34. The Morgan fingerprint density at radius 1 is 1.00 bits per heavy atom. The van der Waals surface area contributed by atoms with Crippen molar-refractivity contribution in [1.29, 1.82) is 0 Å². The van der Waals surface area contributed by atoms with Crippen LogP contribution in [0.15, 0.2) is 30.3 Å². The highest BCUT2D eigenvalue weighted by Gasteiger charge is 2.28. The van der Waals surface area contributed by atoms with Gasteiger partial charge >= 0.3 is 0 Å². The Morgan fingerprint density at radius 2 is 1.64 bits per heavy atom. The average molecular weight is 345 g/mol. The third-order valence-corrected chi connectivity index (χ3v) is 5.18. The Balaban J connectivity index is 1.42. The van der Waals surface area contributed by atoms with Gasteiger partial charge < -0.3 is 15.3 Å². The summed E-state index contributed by atoms with van der Waals surface area (Å²) in [5, 5.41) is 12.5. The number of hydrogen-bond acceptors (Lipinski definition) is 4. The van der Waals surface area contributed by atoms with Gasteiger partial charge in [0.15, 0.2) is 0 Å². The number of amides is 2. The van der Waals surface area contributed by atoms with E-state index in [9.17, 15) is 14.7 Å². The van der Waals surface area contributed by atoms with E-state index in [0.29, 0.717) is 32.5 Å². The molecule has 2 aliphatic heterocycles. The largest absolute Gasteiger partial charge is 0.393 e. The highest BCUT2D eigenvalue weighted by atomic mass is 16.3. The van der Waals surface area contributed by atoms with Crippen molar-refractivity contribution in [3.05, 3.63) is 30.3 Å². The number of piperidine rings is 2. The maximum atomic E-state index is 12.4. The van der Waals surface area contributed by atoms with Gasteiger partial charge in [0.05, 0.1) is 12.6 Å². The van der Waals surface area contributed by atoms with Crippen LogP contribution >= 0.6 is 0 Å². The molecule has 0 bridgehead atoms. The molecule has 0 atom stereocenters. The van der Waals surface area contributed by atoms with Crippen molar-refractivity contribution in [3.8, 4) is 0 Å². The minimum Gasteiger partial charge on any atom is -0.393 e. The van der Waals surface area contributed by atoms with Crippen LogP contribution in [0.2, 0.25) is 0 Å². The molecule has 0 radical (unpaired) electrons. The van der Waals surface area contributed by atoms with Crippen LogP contribution < -0.4 is 5.32 Å². The maximum absolute atomic E-state index is 12.4. The third-order valence-electron chi connectivity index (χ3n) is 5.18. The molecule has 6 heteroatoms. The first-order valence-corrected chi connectivity index (χ1v) is 9.16. The van der Waals surface area contributed by atoms with Crippen molar-refractivity contribution in [2.24, 2.45) is 5.92 Å². The van der Waals surface area contributed by atoms with Crippen molar-refractivity contribution in [3.63, 3.8) is 0 Å². The molecule has 2 heterocycles. The summed E-state index contributed by atoms with van der Waals surface area (Å²) in [6.07, 6.45) is 2.70. The van der Waals surface area contributed by atoms with Crippen LogP contribution in [-0.4, -0.2) is 65.5 Å². The fourth-order valence-corrected chi connectivity index (χ4v) is 3.53. The Hall–Kier alpha value is -1.92. The van der Waals surface area contributed by atoms with E-state index in [1.54, 1.807) is 0 Å². The minimum atomic E-state index is -0.217. The first kappa shape index (κ1) is 17.9. The molecule has 6 nitrogen and oxygen atoms in total. The molecule has 0 aromatic heterocycles. The summed E-state index contributed by atoms with van der Waals surface area (Å²) in [6, 6.07) is 9.48. The lowest BCUT2D eigenvalue weighted by Crippen LogP contribution is -2.47. The second-order valence-electron chi connectivity index (χ2n) is 7.02. The van der Waals surface area contributed by atoms with Crippen molar-refractivity contribution < 1.29 is 14.7 Å². The smallest absolute Gasteiger partial charge is 0.236 e. The third kappa shape index (κ3) is 5.03. The number of aliphatic hydroxyl groups excluding tert-OH is 1. The summed E-state index contributed by atoms with van der Waals surface area (Å²) in [7, 11) is 0. The first-order chi connectivity index (χ1) is 12.1. The highest BCUT2D eigenvalue weighted by Crippen LogP contribution is 2.20. The summed E-state index contributed by atoms with van der Waals surface area (Å²) in [4.78, 5) is 28.8. The molecule has 0 aliphatic carbocycles. The molecule has 3 rings (SSSR count). The number of hydrogen-bond donors (Lipinski definition) is 2. The fourth-order valence-electron chi connectivity index (χ4n) is 3.53. The number of rotatable bonds is 4. The second kappa shape index (κ2) is 8.45. The molecule has 0 saturated carbocycles. The van der Waals surface area contributed by atoms with Gasteiger partial charge in [-0.05, 0) is 37.8 Å². The van der Waals surface area contributed by atoms with Gasteiger partial charge in [0.2, 0.25) is 11.8 Å². The molecule has 1 aromatic rings. The molecule has 0 unspecified atom stereocenters. The highest BCUT2D eigenvalue weighted by molar-refractivity contribution is 5.92. The van der Waals surface area contributed by atoms with E-state index >= 15 is 0 Å². The SMILES string of the molecule is O=C(Nc1ccccc1)C1CCN(C(=O)CN2CCC(O)CC2)CC1. The first-order valence-electron chi connectivity index (χ1n) is 9.16. The van der Waals surface area contributed by atoms with Gasteiger partial charge in [0.25, 0.3) is 0 Å². The zero-order valence-electron chi connectivity index (χ0n) is 14.6. The quantitative estimate of drug-likeness (QED) is 0.863. The molecule has 25 heavy (non-hydrogen) atoms. The zero-order chi connectivity index (χ0) is 17.6. The molecular weight excluding hydrogens is 318 g/mol. The number of nitrogens with zero attached hydrogens (tertiary/aromatic N) is 2. The number of likely N-dealkylation sites (tertiary alicyclic amines) is 2. The summed E-state index contributed by atoms with van der Waals surface area (Å²) < 4.78 is 0. The van der Waals surface area contributed by atoms with E-state index in [1.165, 1.54) is 0 Å². The zero-order valence-corrected chi connectivity index (χ0v) is 14.6. The molecule has 136 valence electrons. The topological polar surface area (TPSA) is 72.9 Å². The van der Waals surface area contributed by atoms with Crippen LogP contribution in [-0.2, 0) is 9.59 Å². The lowest BCUT2D eigenvalue weighted by molar-refractivity contribution is -0.136. The van der Waals surface area contributed by atoms with E-state index in [4.69, 9.17) is 0 Å². The monoisotopic (exact) mass is 345 g/mol. The van der Waals surface area contributed by atoms with Crippen molar-refractivity contribution in [2.75, 3.05) is 38.0 Å². The Kier molecular flexibility index (Phi) is 6.04. The number of para-hydroxylation sites is 1. The van der Waals surface area contributed by atoms with Crippen molar-refractivity contribution in [2.45, 2.75) is 31.8 Å². The van der Waals surface area contributed by atoms with Gasteiger partial charge in [-0.25, -0.2) is 0 Å². The van der Waals surface area contributed by atoms with Crippen molar-refractivity contribution >= 4 is 17.5 Å². The predicted molar refractivity (Wildman–Crippen MR) is 96.1 cm³/mol. The van der Waals surface area contributed by atoms with E-state index in [0.717, 1.165) is 31.6 Å². The molecule has 2 saturated heterocycles. The van der Waals surface area contributed by atoms with Crippen LogP contribution in [0.3, 0.4) is 0 Å². The summed E-state index contributed by atoms with van der Waals surface area (Å²) in [6.45, 7) is 3.27. The maximum Gasteiger partial charge on any atom is 0.236 e. The van der Waals surface area contributed by atoms with Crippen LogP contribution in [0.25, 0.3) is 0 Å². The van der Waals surface area contributed by atoms with Gasteiger partial charge in [0.1, 0.15) is 0 Å². The summed E-state index contributed by atoms with van der Waals surface area (Å²) >= 11 is 0. The standard InChI is InChI=1S/C19H27N3O3/c23-17-8-10-21(11-9-17)14-18(24)22-12-6-15(7-13-22)19(25)20-16-4-2-1-3-5-16/h1-5,15,17,23H,6-14H2,(H,20,25). The Morgan fingerprint density at radius 3 is 2.28 bits per heavy atom. The average Bonchev–Trinajstić information content (AvgIpc) is 2.64. The van der Waals surface area contributed by atoms with Crippen LogP contribution in [0.5, 0.6) is 0 Å². The van der Waals surface area contributed by atoms with E-state index in [1.807, 2.05) is 35.2 Å². The van der Waals surface area contributed by atoms with Crippen molar-refractivity contribution in [1.82, 2.24) is 9.80 Å². The van der Waals surface area contributed by atoms with E-state index < -0.39 is 0 Å². The van der Waals surface area contributed by atoms with E-state index in [2.05, 4.69) is 10.2 Å². The summed E-state index contributed by atoms with van der Waals surface area (Å²) in [5.74, 6) is 0.149. The number of aliphatic hydroxyl groups is 1. The normalized spacial score (nSPS) is 20.4. The van der Waals surface area contributed by atoms with Gasteiger partial charge in [-0.2, -0.15) is 0 Å². The number of carbonyl (C=O) groups is 2. The summed E-state index contributed by atoms with van der Waals surface area (Å²) in [5.41, 5.74) is 0.818. The molecule has 0 spiro atoms. The molecule has 2 amide bonds. The minimum absolute atomic E-state index is 0.0330. The predicted octanol–water partition coefficient (Wildman–Crippen LogP) is 1.32. The van der Waals surface area contributed by atoms with Gasteiger partial charge in [-0.1, -0.05) is 18.2 Å². The van der Waals surface area contributed by atoms with Gasteiger partial charge in [0, 0.05) is 37.8 Å².